The molecule has 3 rings (SSSR count). The highest BCUT2D eigenvalue weighted by Crippen LogP contribution is 2.26. The fraction of sp³-hybridized carbons (Fsp3) is 0.435. The number of hydrogen-bond acceptors (Lipinski definition) is 2. The number of benzene rings is 2. The second-order valence-corrected chi connectivity index (χ2v) is 7.20. The predicted octanol–water partition coefficient (Wildman–Crippen LogP) is 4.57. The van der Waals surface area contributed by atoms with Crippen molar-refractivity contribution in [2.45, 2.75) is 51.5 Å². The van der Waals surface area contributed by atoms with Crippen molar-refractivity contribution >= 4 is 6.03 Å². The van der Waals surface area contributed by atoms with E-state index in [0.717, 1.165) is 30.6 Å². The van der Waals surface area contributed by atoms with Crippen LogP contribution in [0.2, 0.25) is 0 Å². The summed E-state index contributed by atoms with van der Waals surface area (Å²) in [5.74, 6) is 0.843. The Morgan fingerprint density at radius 3 is 2.70 bits per heavy atom. The van der Waals surface area contributed by atoms with Crippen molar-refractivity contribution in [2.24, 2.45) is 0 Å². The molecule has 0 saturated heterocycles. The van der Waals surface area contributed by atoms with Gasteiger partial charge in [-0.1, -0.05) is 37.3 Å². The second-order valence-electron chi connectivity index (χ2n) is 7.20. The fourth-order valence-electron chi connectivity index (χ4n) is 3.75. The van der Waals surface area contributed by atoms with E-state index in [4.69, 9.17) is 4.74 Å². The minimum Gasteiger partial charge on any atom is -0.497 e. The van der Waals surface area contributed by atoms with Gasteiger partial charge in [0.25, 0.3) is 0 Å². The minimum atomic E-state index is -0.109. The predicted molar refractivity (Wildman–Crippen MR) is 109 cm³/mol. The third-order valence-electron chi connectivity index (χ3n) is 5.32. The molecule has 2 N–H and O–H groups in total. The van der Waals surface area contributed by atoms with Crippen molar-refractivity contribution in [1.29, 1.82) is 0 Å². The number of carbonyl (C=O) groups is 1. The van der Waals surface area contributed by atoms with E-state index in [9.17, 15) is 4.79 Å². The van der Waals surface area contributed by atoms with Crippen LogP contribution in [0.3, 0.4) is 0 Å². The Morgan fingerprint density at radius 2 is 1.93 bits per heavy atom. The van der Waals surface area contributed by atoms with Gasteiger partial charge in [-0.05, 0) is 72.9 Å². The van der Waals surface area contributed by atoms with Crippen molar-refractivity contribution in [1.82, 2.24) is 10.6 Å². The van der Waals surface area contributed by atoms with Gasteiger partial charge in [-0.25, -0.2) is 4.79 Å². The van der Waals surface area contributed by atoms with Gasteiger partial charge in [0.05, 0.1) is 13.2 Å². The molecule has 1 aliphatic carbocycles. The minimum absolute atomic E-state index is 0.0500. The summed E-state index contributed by atoms with van der Waals surface area (Å²) >= 11 is 0. The van der Waals surface area contributed by atoms with Gasteiger partial charge in [-0.15, -0.1) is 0 Å². The van der Waals surface area contributed by atoms with Crippen molar-refractivity contribution in [3.63, 3.8) is 0 Å². The molecule has 2 aromatic carbocycles. The van der Waals surface area contributed by atoms with E-state index in [2.05, 4.69) is 35.8 Å². The van der Waals surface area contributed by atoms with Crippen LogP contribution in [-0.2, 0) is 19.3 Å². The molecule has 2 aromatic rings. The Bertz CT molecular complexity index is 773. The van der Waals surface area contributed by atoms with Gasteiger partial charge in [0.1, 0.15) is 5.75 Å². The molecule has 0 bridgehead atoms. The number of hydrogen-bond donors (Lipinski definition) is 2. The van der Waals surface area contributed by atoms with E-state index in [1.165, 1.54) is 36.0 Å². The van der Waals surface area contributed by atoms with Gasteiger partial charge in [-0.3, -0.25) is 0 Å². The number of ether oxygens (including phenoxy) is 1. The molecule has 0 aromatic heterocycles. The van der Waals surface area contributed by atoms with Crippen molar-refractivity contribution in [2.75, 3.05) is 13.7 Å². The number of nitrogens with one attached hydrogen (secondary N) is 2. The van der Waals surface area contributed by atoms with E-state index in [1.54, 1.807) is 7.11 Å². The van der Waals surface area contributed by atoms with Crippen LogP contribution in [0.15, 0.2) is 42.5 Å². The number of rotatable bonds is 7. The van der Waals surface area contributed by atoms with Crippen LogP contribution >= 0.6 is 0 Å². The van der Waals surface area contributed by atoms with Gasteiger partial charge in [0.15, 0.2) is 0 Å². The van der Waals surface area contributed by atoms with Gasteiger partial charge in [-0.2, -0.15) is 0 Å². The van der Waals surface area contributed by atoms with Crippen LogP contribution in [0.25, 0.3) is 0 Å². The highest BCUT2D eigenvalue weighted by atomic mass is 16.5. The monoisotopic (exact) mass is 366 g/mol. The Labute approximate surface area is 162 Å². The first-order valence-corrected chi connectivity index (χ1v) is 9.98. The van der Waals surface area contributed by atoms with E-state index in [1.807, 2.05) is 24.3 Å². The number of methoxy groups -OCH3 is 1. The molecule has 1 unspecified atom stereocenters. The Morgan fingerprint density at radius 1 is 1.11 bits per heavy atom. The normalized spacial score (nSPS) is 14.1. The molecule has 0 aliphatic heterocycles. The van der Waals surface area contributed by atoms with Crippen molar-refractivity contribution in [3.05, 3.63) is 64.7 Å². The molecule has 0 spiro atoms. The zero-order chi connectivity index (χ0) is 19.1. The topological polar surface area (TPSA) is 50.4 Å². The van der Waals surface area contributed by atoms with Crippen LogP contribution in [0.5, 0.6) is 5.75 Å². The zero-order valence-electron chi connectivity index (χ0n) is 16.4. The first kappa shape index (κ1) is 19.3. The van der Waals surface area contributed by atoms with E-state index in [-0.39, 0.29) is 12.1 Å². The lowest BCUT2D eigenvalue weighted by Crippen LogP contribution is -2.38. The summed E-state index contributed by atoms with van der Waals surface area (Å²) in [5, 5.41) is 6.10. The third kappa shape index (κ3) is 5.25. The molecule has 1 atom stereocenters. The number of amides is 2. The molecule has 144 valence electrons. The summed E-state index contributed by atoms with van der Waals surface area (Å²) in [6.45, 7) is 2.71. The van der Waals surface area contributed by atoms with E-state index < -0.39 is 0 Å². The molecule has 2 amide bonds. The first-order valence-electron chi connectivity index (χ1n) is 9.98. The average Bonchev–Trinajstić information content (AvgIpc) is 2.72. The Balaban J connectivity index is 1.52. The fourth-order valence-corrected chi connectivity index (χ4v) is 3.75. The lowest BCUT2D eigenvalue weighted by Gasteiger charge is -2.22. The van der Waals surface area contributed by atoms with Crippen LogP contribution < -0.4 is 15.4 Å². The highest BCUT2D eigenvalue weighted by molar-refractivity contribution is 5.74. The quantitative estimate of drug-likeness (QED) is 0.754. The van der Waals surface area contributed by atoms with Crippen molar-refractivity contribution in [3.8, 4) is 5.75 Å². The van der Waals surface area contributed by atoms with Gasteiger partial charge in [0, 0.05) is 6.54 Å². The average molecular weight is 367 g/mol. The van der Waals surface area contributed by atoms with Crippen molar-refractivity contribution < 1.29 is 9.53 Å². The Kier molecular flexibility index (Phi) is 6.74. The smallest absolute Gasteiger partial charge is 0.315 e. The molecule has 0 fully saturated rings. The molecular weight excluding hydrogens is 336 g/mol. The molecular formula is C23H30N2O2. The number of fused-ring (bicyclic) bond motifs is 1. The summed E-state index contributed by atoms with van der Waals surface area (Å²) in [6, 6.07) is 14.6. The zero-order valence-corrected chi connectivity index (χ0v) is 16.4. The molecule has 27 heavy (non-hydrogen) atoms. The summed E-state index contributed by atoms with van der Waals surface area (Å²) in [6.07, 6.45) is 6.56. The number of urea groups is 1. The molecule has 0 radical (unpaired) electrons. The lowest BCUT2D eigenvalue weighted by molar-refractivity contribution is 0.237. The molecule has 0 heterocycles. The SMILES string of the molecule is CCC(NC(=O)NCCc1cccc(OC)c1)c1ccc2c(c1)CCCC2. The third-order valence-corrected chi connectivity index (χ3v) is 5.32. The van der Waals surface area contributed by atoms with Crippen LogP contribution in [-0.4, -0.2) is 19.7 Å². The van der Waals surface area contributed by atoms with Crippen LogP contribution in [0.1, 0.15) is 54.5 Å². The van der Waals surface area contributed by atoms with Gasteiger partial charge < -0.3 is 15.4 Å². The summed E-state index contributed by atoms with van der Waals surface area (Å²) in [5.41, 5.74) is 5.29. The highest BCUT2D eigenvalue weighted by Gasteiger charge is 2.16. The summed E-state index contributed by atoms with van der Waals surface area (Å²) in [4.78, 5) is 12.3. The lowest BCUT2D eigenvalue weighted by atomic mass is 9.89. The molecule has 1 aliphatic rings. The second kappa shape index (κ2) is 9.45. The maximum atomic E-state index is 12.3. The van der Waals surface area contributed by atoms with Crippen LogP contribution in [0.4, 0.5) is 4.79 Å². The largest absolute Gasteiger partial charge is 0.497 e. The number of aryl methyl sites for hydroxylation is 2. The maximum absolute atomic E-state index is 12.3. The standard InChI is InChI=1S/C23H30N2O2/c1-3-22(20-12-11-18-8-4-5-9-19(18)16-20)25-23(26)24-14-13-17-7-6-10-21(15-17)27-2/h6-7,10-12,15-16,22H,3-5,8-9,13-14H2,1-2H3,(H2,24,25,26). The Hall–Kier alpha value is -2.49. The number of carbonyl (C=O) groups excluding carboxylic acids is 1. The van der Waals surface area contributed by atoms with E-state index >= 15 is 0 Å². The summed E-state index contributed by atoms with van der Waals surface area (Å²) < 4.78 is 5.24. The van der Waals surface area contributed by atoms with Gasteiger partial charge >= 0.3 is 6.03 Å². The first-order chi connectivity index (χ1) is 13.2. The maximum Gasteiger partial charge on any atom is 0.315 e. The van der Waals surface area contributed by atoms with Gasteiger partial charge in [0.2, 0.25) is 0 Å². The molecule has 0 saturated carbocycles. The van der Waals surface area contributed by atoms with E-state index in [0.29, 0.717) is 6.54 Å². The molecule has 4 nitrogen and oxygen atoms in total. The molecule has 4 heteroatoms. The van der Waals surface area contributed by atoms with Crippen LogP contribution in [0, 0.1) is 0 Å². The summed E-state index contributed by atoms with van der Waals surface area (Å²) in [7, 11) is 1.66.